The molecule has 9 aromatic rings. The Morgan fingerprint density at radius 1 is 0.400 bits per heavy atom. The lowest BCUT2D eigenvalue weighted by atomic mass is 9.94. The molecule has 0 amide bonds. The Kier molecular flexibility index (Phi) is 6.56. The Balaban J connectivity index is 1.21. The van der Waals surface area contributed by atoms with Crippen molar-refractivity contribution >= 4 is 43.6 Å². The van der Waals surface area contributed by atoms with Gasteiger partial charge in [-0.25, -0.2) is 0 Å². The molecule has 0 saturated carbocycles. The highest BCUT2D eigenvalue weighted by Crippen LogP contribution is 2.40. The van der Waals surface area contributed by atoms with E-state index < -0.39 is 0 Å². The van der Waals surface area contributed by atoms with Crippen LogP contribution in [-0.2, 0) is 0 Å². The van der Waals surface area contributed by atoms with Crippen LogP contribution < -0.4 is 0 Å². The van der Waals surface area contributed by atoms with Crippen molar-refractivity contribution in [3.05, 3.63) is 168 Å². The standard InChI is InChI=1S/C45H25N5/c46-26-29-19-22-44-40(23-29)39-15-8-10-32(27-47)45(39)50(44)43-18-6-1-12-36(43)35-21-20-31(24-33(35)28-48)30-9-7-11-34(25-30)49-41-16-4-2-13-37(41)38-14-3-5-17-42(38)49/h1-25H. The number of aromatic nitrogens is 2. The maximum atomic E-state index is 10.6. The molecule has 5 heteroatoms. The molecule has 0 spiro atoms. The molecule has 0 aliphatic rings. The minimum absolute atomic E-state index is 0.533. The van der Waals surface area contributed by atoms with Crippen LogP contribution >= 0.6 is 0 Å². The molecule has 0 radical (unpaired) electrons. The molecule has 5 nitrogen and oxygen atoms in total. The normalized spacial score (nSPS) is 11.1. The lowest BCUT2D eigenvalue weighted by molar-refractivity contribution is 1.18. The first-order valence-corrected chi connectivity index (χ1v) is 16.3. The Morgan fingerprint density at radius 2 is 1.06 bits per heavy atom. The van der Waals surface area contributed by atoms with Gasteiger partial charge in [0.05, 0.1) is 56.6 Å². The number of fused-ring (bicyclic) bond motifs is 6. The van der Waals surface area contributed by atoms with Crippen LogP contribution in [0, 0.1) is 34.0 Å². The van der Waals surface area contributed by atoms with Gasteiger partial charge < -0.3 is 9.13 Å². The van der Waals surface area contributed by atoms with E-state index in [1.165, 1.54) is 10.8 Å². The highest BCUT2D eigenvalue weighted by Gasteiger charge is 2.20. The molecule has 2 heterocycles. The number of benzene rings is 7. The second-order valence-corrected chi connectivity index (χ2v) is 12.3. The Hall–Kier alpha value is -7.39. The quantitative estimate of drug-likeness (QED) is 0.193. The molecule has 230 valence electrons. The molecule has 0 unspecified atom stereocenters. The van der Waals surface area contributed by atoms with Crippen LogP contribution in [0.25, 0.3) is 77.2 Å². The number of hydrogen-bond donors (Lipinski definition) is 0. The molecular weight excluding hydrogens is 611 g/mol. The third kappa shape index (κ3) is 4.31. The Labute approximate surface area is 287 Å². The highest BCUT2D eigenvalue weighted by molar-refractivity contribution is 6.12. The van der Waals surface area contributed by atoms with Gasteiger partial charge in [0.1, 0.15) is 6.07 Å². The molecular formula is C45H25N5. The lowest BCUT2D eigenvalue weighted by Gasteiger charge is -2.16. The summed E-state index contributed by atoms with van der Waals surface area (Å²) in [6.07, 6.45) is 0. The first-order chi connectivity index (χ1) is 24.7. The van der Waals surface area contributed by atoms with E-state index in [4.69, 9.17) is 0 Å². The summed E-state index contributed by atoms with van der Waals surface area (Å²) in [5, 5.41) is 34.6. The third-order valence-corrected chi connectivity index (χ3v) is 9.63. The van der Waals surface area contributed by atoms with Crippen molar-refractivity contribution in [2.45, 2.75) is 0 Å². The summed E-state index contributed by atoms with van der Waals surface area (Å²) in [6, 6.07) is 57.8. The summed E-state index contributed by atoms with van der Waals surface area (Å²) in [7, 11) is 0. The van der Waals surface area contributed by atoms with E-state index in [1.54, 1.807) is 6.07 Å². The summed E-state index contributed by atoms with van der Waals surface area (Å²) in [4.78, 5) is 0. The second kappa shape index (κ2) is 11.4. The third-order valence-electron chi connectivity index (χ3n) is 9.63. The zero-order chi connectivity index (χ0) is 33.8. The molecule has 0 fully saturated rings. The van der Waals surface area contributed by atoms with Crippen LogP contribution in [0.15, 0.2) is 152 Å². The SMILES string of the molecule is N#Cc1ccc2c(c1)c1cccc(C#N)c1n2-c1ccccc1-c1ccc(-c2cccc(-n3c4ccccc4c4ccccc43)c2)cc1C#N. The van der Waals surface area contributed by atoms with E-state index in [9.17, 15) is 15.8 Å². The Bertz CT molecular complexity index is 2920. The van der Waals surface area contributed by atoms with E-state index >= 15 is 0 Å². The molecule has 0 bridgehead atoms. The maximum Gasteiger partial charge on any atom is 0.101 e. The minimum atomic E-state index is 0.533. The highest BCUT2D eigenvalue weighted by atomic mass is 15.0. The van der Waals surface area contributed by atoms with Crippen LogP contribution in [0.2, 0.25) is 0 Å². The monoisotopic (exact) mass is 635 g/mol. The molecule has 0 atom stereocenters. The van der Waals surface area contributed by atoms with Gasteiger partial charge in [0.15, 0.2) is 0 Å². The maximum absolute atomic E-state index is 10.6. The number of nitrogens with zero attached hydrogens (tertiary/aromatic N) is 5. The average Bonchev–Trinajstić information content (AvgIpc) is 3.70. The summed E-state index contributed by atoms with van der Waals surface area (Å²) in [5.74, 6) is 0. The zero-order valence-corrected chi connectivity index (χ0v) is 26.7. The molecule has 2 aromatic heterocycles. The molecule has 0 saturated heterocycles. The predicted molar refractivity (Wildman–Crippen MR) is 200 cm³/mol. The molecule has 50 heavy (non-hydrogen) atoms. The van der Waals surface area contributed by atoms with E-state index in [0.717, 1.165) is 66.5 Å². The fraction of sp³-hybridized carbons (Fsp3) is 0. The van der Waals surface area contributed by atoms with Gasteiger partial charge in [-0.15, -0.1) is 0 Å². The molecule has 7 aromatic carbocycles. The summed E-state index contributed by atoms with van der Waals surface area (Å²) in [6.45, 7) is 0. The number of hydrogen-bond acceptors (Lipinski definition) is 3. The van der Waals surface area contributed by atoms with Crippen molar-refractivity contribution < 1.29 is 0 Å². The van der Waals surface area contributed by atoms with Crippen molar-refractivity contribution in [3.8, 4) is 51.8 Å². The second-order valence-electron chi connectivity index (χ2n) is 12.3. The van der Waals surface area contributed by atoms with Crippen LogP contribution in [0.5, 0.6) is 0 Å². The van der Waals surface area contributed by atoms with Gasteiger partial charge in [-0.2, -0.15) is 15.8 Å². The van der Waals surface area contributed by atoms with E-state index in [1.807, 2.05) is 66.7 Å². The van der Waals surface area contributed by atoms with Crippen molar-refractivity contribution in [2.24, 2.45) is 0 Å². The van der Waals surface area contributed by atoms with Crippen LogP contribution in [0.4, 0.5) is 0 Å². The topological polar surface area (TPSA) is 81.2 Å². The van der Waals surface area contributed by atoms with Gasteiger partial charge in [0.2, 0.25) is 0 Å². The fourth-order valence-electron chi connectivity index (χ4n) is 7.45. The van der Waals surface area contributed by atoms with Crippen LogP contribution in [-0.4, -0.2) is 9.13 Å². The fourth-order valence-corrected chi connectivity index (χ4v) is 7.45. The van der Waals surface area contributed by atoms with E-state index in [0.29, 0.717) is 16.7 Å². The van der Waals surface area contributed by atoms with E-state index in [2.05, 4.69) is 106 Å². The summed E-state index contributed by atoms with van der Waals surface area (Å²) in [5.41, 5.74) is 11.1. The average molecular weight is 636 g/mol. The summed E-state index contributed by atoms with van der Waals surface area (Å²) < 4.78 is 4.38. The van der Waals surface area contributed by atoms with Gasteiger partial charge in [-0.05, 0) is 71.8 Å². The first-order valence-electron chi connectivity index (χ1n) is 16.3. The van der Waals surface area contributed by atoms with Gasteiger partial charge in [-0.1, -0.05) is 91.0 Å². The summed E-state index contributed by atoms with van der Waals surface area (Å²) >= 11 is 0. The van der Waals surface area contributed by atoms with Crippen molar-refractivity contribution in [2.75, 3.05) is 0 Å². The first kappa shape index (κ1) is 28.8. The lowest BCUT2D eigenvalue weighted by Crippen LogP contribution is -1.99. The number of nitriles is 3. The minimum Gasteiger partial charge on any atom is -0.309 e. The van der Waals surface area contributed by atoms with Crippen molar-refractivity contribution in [3.63, 3.8) is 0 Å². The van der Waals surface area contributed by atoms with Gasteiger partial charge >= 0.3 is 0 Å². The Morgan fingerprint density at radius 3 is 1.82 bits per heavy atom. The largest absolute Gasteiger partial charge is 0.309 e. The zero-order valence-electron chi connectivity index (χ0n) is 26.7. The smallest absolute Gasteiger partial charge is 0.101 e. The van der Waals surface area contributed by atoms with Gasteiger partial charge in [0.25, 0.3) is 0 Å². The molecule has 0 N–H and O–H groups in total. The van der Waals surface area contributed by atoms with Crippen molar-refractivity contribution in [1.82, 2.24) is 9.13 Å². The van der Waals surface area contributed by atoms with Crippen LogP contribution in [0.3, 0.4) is 0 Å². The molecule has 9 rings (SSSR count). The van der Waals surface area contributed by atoms with Gasteiger partial charge in [0, 0.05) is 38.4 Å². The van der Waals surface area contributed by atoms with Gasteiger partial charge in [-0.3, -0.25) is 0 Å². The molecule has 0 aliphatic carbocycles. The van der Waals surface area contributed by atoms with Crippen LogP contribution in [0.1, 0.15) is 16.7 Å². The molecule has 0 aliphatic heterocycles. The predicted octanol–water partition coefficient (Wildman–Crippen LogP) is 10.8. The van der Waals surface area contributed by atoms with Crippen molar-refractivity contribution in [1.29, 1.82) is 15.8 Å². The number of para-hydroxylation sites is 4. The van der Waals surface area contributed by atoms with E-state index in [-0.39, 0.29) is 0 Å². The number of rotatable bonds is 4.